The number of hydrogen-bond donors (Lipinski definition) is 1. The summed E-state index contributed by atoms with van der Waals surface area (Å²) in [4.78, 5) is 39.2. The second-order valence-corrected chi connectivity index (χ2v) is 7.96. The Morgan fingerprint density at radius 2 is 1.61 bits per heavy atom. The van der Waals surface area contributed by atoms with Gasteiger partial charge in [0.1, 0.15) is 11.3 Å². The number of aryl methyl sites for hydroxylation is 1. The second-order valence-electron chi connectivity index (χ2n) is 7.52. The highest BCUT2D eigenvalue weighted by molar-refractivity contribution is 6.39. The van der Waals surface area contributed by atoms with Gasteiger partial charge < -0.3 is 9.30 Å². The molecule has 0 radical (unpaired) electrons. The molecule has 4 amide bonds. The Labute approximate surface area is 196 Å². The summed E-state index contributed by atoms with van der Waals surface area (Å²) in [5.74, 6) is -0.805. The first-order chi connectivity index (χ1) is 15.8. The first-order valence-corrected chi connectivity index (χ1v) is 10.8. The molecule has 0 aliphatic carbocycles. The summed E-state index contributed by atoms with van der Waals surface area (Å²) in [5.41, 5.74) is 3.58. The molecule has 33 heavy (non-hydrogen) atoms. The summed E-state index contributed by atoms with van der Waals surface area (Å²) < 4.78 is 7.41. The monoisotopic (exact) mass is 463 g/mol. The number of halogens is 1. The van der Waals surface area contributed by atoms with Gasteiger partial charge in [-0.05, 0) is 87.0 Å². The zero-order valence-corrected chi connectivity index (χ0v) is 19.1. The highest BCUT2D eigenvalue weighted by Gasteiger charge is 2.37. The zero-order chi connectivity index (χ0) is 23.7. The highest BCUT2D eigenvalue weighted by Crippen LogP contribution is 2.27. The number of nitrogens with one attached hydrogen (secondary N) is 1. The molecule has 0 bridgehead atoms. The van der Waals surface area contributed by atoms with E-state index < -0.39 is 17.8 Å². The minimum atomic E-state index is -0.794. The molecule has 1 fully saturated rings. The van der Waals surface area contributed by atoms with Gasteiger partial charge in [0.05, 0.1) is 12.3 Å². The number of benzene rings is 2. The normalized spacial score (nSPS) is 15.2. The van der Waals surface area contributed by atoms with E-state index in [1.165, 1.54) is 6.08 Å². The Bertz CT molecular complexity index is 1270. The van der Waals surface area contributed by atoms with Crippen LogP contribution in [0.3, 0.4) is 0 Å². The third-order valence-corrected chi connectivity index (χ3v) is 5.61. The predicted octanol–water partition coefficient (Wildman–Crippen LogP) is 4.81. The molecule has 0 atom stereocenters. The molecule has 0 saturated carbocycles. The van der Waals surface area contributed by atoms with Gasteiger partial charge in [-0.2, -0.15) is 0 Å². The SMILES string of the molecule is CCOc1ccc(N2C(=O)NC(=O)/C(=C/c3cc(C)n(-c4ccc(Cl)cc4)c3C)C2=O)cc1. The van der Waals surface area contributed by atoms with Crippen molar-refractivity contribution in [2.75, 3.05) is 11.5 Å². The number of barbiturate groups is 1. The Morgan fingerprint density at radius 3 is 2.24 bits per heavy atom. The fourth-order valence-corrected chi connectivity index (χ4v) is 3.95. The van der Waals surface area contributed by atoms with Crippen LogP contribution in [0.15, 0.2) is 60.2 Å². The fraction of sp³-hybridized carbons (Fsp3) is 0.160. The van der Waals surface area contributed by atoms with E-state index in [1.54, 1.807) is 36.4 Å². The maximum atomic E-state index is 13.2. The average molecular weight is 464 g/mol. The lowest BCUT2D eigenvalue weighted by Crippen LogP contribution is -2.54. The topological polar surface area (TPSA) is 80.6 Å². The molecule has 1 N–H and O–H groups in total. The lowest BCUT2D eigenvalue weighted by molar-refractivity contribution is -0.122. The van der Waals surface area contributed by atoms with E-state index in [2.05, 4.69) is 5.32 Å². The molecule has 0 spiro atoms. The molecule has 2 heterocycles. The number of carbonyl (C=O) groups is 3. The summed E-state index contributed by atoms with van der Waals surface area (Å²) in [6.07, 6.45) is 1.51. The molecule has 7 nitrogen and oxygen atoms in total. The van der Waals surface area contributed by atoms with Crippen molar-refractivity contribution in [1.29, 1.82) is 0 Å². The molecule has 2 aromatic carbocycles. The van der Waals surface area contributed by atoms with Crippen LogP contribution in [0.2, 0.25) is 5.02 Å². The fourth-order valence-electron chi connectivity index (χ4n) is 3.83. The van der Waals surface area contributed by atoms with Gasteiger partial charge in [-0.25, -0.2) is 9.69 Å². The number of hydrogen-bond acceptors (Lipinski definition) is 4. The number of rotatable bonds is 5. The van der Waals surface area contributed by atoms with Crippen LogP contribution in [0.4, 0.5) is 10.5 Å². The smallest absolute Gasteiger partial charge is 0.335 e. The van der Waals surface area contributed by atoms with E-state index in [-0.39, 0.29) is 5.57 Å². The van der Waals surface area contributed by atoms with Gasteiger partial charge in [0.25, 0.3) is 11.8 Å². The van der Waals surface area contributed by atoms with Crippen LogP contribution in [0.5, 0.6) is 5.75 Å². The molecule has 8 heteroatoms. The van der Waals surface area contributed by atoms with Crippen LogP contribution in [-0.4, -0.2) is 29.0 Å². The van der Waals surface area contributed by atoms with E-state index in [9.17, 15) is 14.4 Å². The summed E-state index contributed by atoms with van der Waals surface area (Å²) >= 11 is 6.01. The number of anilines is 1. The maximum Gasteiger partial charge on any atom is 0.335 e. The average Bonchev–Trinajstić information content (AvgIpc) is 3.06. The number of nitrogens with zero attached hydrogens (tertiary/aromatic N) is 2. The zero-order valence-electron chi connectivity index (χ0n) is 18.4. The van der Waals surface area contributed by atoms with Gasteiger partial charge in [-0.1, -0.05) is 11.6 Å². The maximum absolute atomic E-state index is 13.2. The van der Waals surface area contributed by atoms with E-state index in [0.29, 0.717) is 28.6 Å². The number of ether oxygens (including phenoxy) is 1. The molecule has 1 aliphatic heterocycles. The van der Waals surface area contributed by atoms with Crippen molar-refractivity contribution in [3.8, 4) is 11.4 Å². The third kappa shape index (κ3) is 4.27. The Morgan fingerprint density at radius 1 is 0.970 bits per heavy atom. The van der Waals surface area contributed by atoms with Gasteiger partial charge >= 0.3 is 6.03 Å². The minimum Gasteiger partial charge on any atom is -0.494 e. The van der Waals surface area contributed by atoms with Crippen molar-refractivity contribution in [2.45, 2.75) is 20.8 Å². The summed E-state index contributed by atoms with van der Waals surface area (Å²) in [5, 5.41) is 2.88. The lowest BCUT2D eigenvalue weighted by Gasteiger charge is -2.26. The molecule has 1 aliphatic rings. The van der Waals surface area contributed by atoms with Crippen molar-refractivity contribution >= 4 is 41.2 Å². The Hall–Kier alpha value is -3.84. The highest BCUT2D eigenvalue weighted by atomic mass is 35.5. The van der Waals surface area contributed by atoms with E-state index in [4.69, 9.17) is 16.3 Å². The van der Waals surface area contributed by atoms with Crippen LogP contribution in [0.1, 0.15) is 23.9 Å². The molecule has 1 aromatic heterocycles. The van der Waals surface area contributed by atoms with Crippen molar-refractivity contribution in [3.05, 3.63) is 82.1 Å². The van der Waals surface area contributed by atoms with Gasteiger partial charge in [0.2, 0.25) is 0 Å². The molecule has 3 aromatic rings. The van der Waals surface area contributed by atoms with E-state index >= 15 is 0 Å². The first kappa shape index (κ1) is 22.4. The number of imide groups is 2. The van der Waals surface area contributed by atoms with Gasteiger partial charge in [0, 0.05) is 22.1 Å². The molecule has 4 rings (SSSR count). The van der Waals surface area contributed by atoms with E-state index in [1.807, 2.05) is 43.5 Å². The van der Waals surface area contributed by atoms with Crippen LogP contribution < -0.4 is 15.0 Å². The molecular formula is C25H22ClN3O4. The Balaban J connectivity index is 1.71. The standard InChI is InChI=1S/C25H22ClN3O4/c1-4-33-21-11-9-20(10-12-21)29-24(31)22(23(30)27-25(29)32)14-17-13-15(2)28(16(17)3)19-7-5-18(26)6-8-19/h5-14H,4H2,1-3H3,(H,27,30,32)/b22-14-. The van der Waals surface area contributed by atoms with Gasteiger partial charge in [-0.3, -0.25) is 14.9 Å². The number of amides is 4. The molecule has 1 saturated heterocycles. The minimum absolute atomic E-state index is 0.125. The summed E-state index contributed by atoms with van der Waals surface area (Å²) in [7, 11) is 0. The molecular weight excluding hydrogens is 442 g/mol. The third-order valence-electron chi connectivity index (χ3n) is 5.36. The van der Waals surface area contributed by atoms with Crippen LogP contribution in [0, 0.1) is 13.8 Å². The summed E-state index contributed by atoms with van der Waals surface area (Å²) in [6.45, 7) is 6.19. The van der Waals surface area contributed by atoms with Crippen LogP contribution in [-0.2, 0) is 9.59 Å². The van der Waals surface area contributed by atoms with Gasteiger partial charge in [-0.15, -0.1) is 0 Å². The van der Waals surface area contributed by atoms with Crippen molar-refractivity contribution in [3.63, 3.8) is 0 Å². The first-order valence-electron chi connectivity index (χ1n) is 10.4. The Kier molecular flexibility index (Phi) is 6.07. The van der Waals surface area contributed by atoms with Crippen LogP contribution in [0.25, 0.3) is 11.8 Å². The molecule has 168 valence electrons. The van der Waals surface area contributed by atoms with Gasteiger partial charge in [0.15, 0.2) is 0 Å². The summed E-state index contributed by atoms with van der Waals surface area (Å²) in [6, 6.07) is 15.0. The van der Waals surface area contributed by atoms with Crippen molar-refractivity contribution in [1.82, 2.24) is 9.88 Å². The number of aromatic nitrogens is 1. The van der Waals surface area contributed by atoms with Crippen LogP contribution >= 0.6 is 11.6 Å². The van der Waals surface area contributed by atoms with E-state index in [0.717, 1.165) is 22.0 Å². The number of urea groups is 1. The second kappa shape index (κ2) is 8.96. The van der Waals surface area contributed by atoms with Crippen molar-refractivity contribution in [2.24, 2.45) is 0 Å². The number of carbonyl (C=O) groups excluding carboxylic acids is 3. The lowest BCUT2D eigenvalue weighted by atomic mass is 10.1. The molecule has 0 unspecified atom stereocenters. The largest absolute Gasteiger partial charge is 0.494 e. The van der Waals surface area contributed by atoms with Crippen molar-refractivity contribution < 1.29 is 19.1 Å². The quantitative estimate of drug-likeness (QED) is 0.435. The predicted molar refractivity (Wildman–Crippen MR) is 127 cm³/mol.